The van der Waals surface area contributed by atoms with Crippen LogP contribution in [0.4, 0.5) is 0 Å². The van der Waals surface area contributed by atoms with Crippen molar-refractivity contribution >= 4 is 0 Å². The maximum Gasteiger partial charge on any atom is 0.227 e. The molecule has 1 aromatic heterocycles. The summed E-state index contributed by atoms with van der Waals surface area (Å²) in [4.78, 5) is 0. The standard InChI is InChI=1S/C21H28N2O3/c1-24-18-9-7-17(8-10-18)21(11-13-25-14-12-21)20-23-22-19(26-20)15-16-5-3-2-4-6-16/h7-10,16H,2-6,11-15H2,1H3. The summed E-state index contributed by atoms with van der Waals surface area (Å²) in [6.07, 6.45) is 9.26. The number of hydrogen-bond donors (Lipinski definition) is 0. The van der Waals surface area contributed by atoms with E-state index in [2.05, 4.69) is 22.3 Å². The Hall–Kier alpha value is -1.88. The molecule has 0 radical (unpaired) electrons. The Bertz CT molecular complexity index is 698. The van der Waals surface area contributed by atoms with Gasteiger partial charge in [0.2, 0.25) is 11.8 Å². The Labute approximate surface area is 155 Å². The summed E-state index contributed by atoms with van der Waals surface area (Å²) >= 11 is 0. The number of nitrogens with zero attached hydrogens (tertiary/aromatic N) is 2. The molecule has 2 heterocycles. The van der Waals surface area contributed by atoms with Crippen molar-refractivity contribution in [2.24, 2.45) is 5.92 Å². The van der Waals surface area contributed by atoms with E-state index in [-0.39, 0.29) is 5.41 Å². The molecule has 140 valence electrons. The van der Waals surface area contributed by atoms with Crippen LogP contribution in [0.2, 0.25) is 0 Å². The fraction of sp³-hybridized carbons (Fsp3) is 0.619. The summed E-state index contributed by atoms with van der Waals surface area (Å²) in [6, 6.07) is 8.25. The number of ether oxygens (including phenoxy) is 2. The second-order valence-corrected chi connectivity index (χ2v) is 7.63. The second kappa shape index (κ2) is 7.78. The van der Waals surface area contributed by atoms with Crippen LogP contribution in [0.5, 0.6) is 5.75 Å². The molecule has 1 aliphatic heterocycles. The van der Waals surface area contributed by atoms with Crippen molar-refractivity contribution in [2.45, 2.75) is 56.8 Å². The number of benzene rings is 1. The smallest absolute Gasteiger partial charge is 0.227 e. The van der Waals surface area contributed by atoms with Gasteiger partial charge in [0, 0.05) is 19.6 Å². The van der Waals surface area contributed by atoms with Crippen LogP contribution in [0.15, 0.2) is 28.7 Å². The number of hydrogen-bond acceptors (Lipinski definition) is 5. The first-order chi connectivity index (χ1) is 12.8. The van der Waals surface area contributed by atoms with Gasteiger partial charge >= 0.3 is 0 Å². The van der Waals surface area contributed by atoms with Crippen LogP contribution in [0.1, 0.15) is 62.3 Å². The van der Waals surface area contributed by atoms with Gasteiger partial charge in [0.25, 0.3) is 0 Å². The molecule has 2 aliphatic rings. The molecule has 5 nitrogen and oxygen atoms in total. The highest BCUT2D eigenvalue weighted by Gasteiger charge is 2.41. The van der Waals surface area contributed by atoms with E-state index in [4.69, 9.17) is 13.9 Å². The van der Waals surface area contributed by atoms with E-state index in [1.807, 2.05) is 12.1 Å². The first kappa shape index (κ1) is 17.5. The van der Waals surface area contributed by atoms with Gasteiger partial charge in [-0.2, -0.15) is 0 Å². The quantitative estimate of drug-likeness (QED) is 0.799. The highest BCUT2D eigenvalue weighted by molar-refractivity contribution is 5.36. The third kappa shape index (κ3) is 3.50. The van der Waals surface area contributed by atoms with Gasteiger partial charge in [-0.25, -0.2) is 0 Å². The molecule has 1 saturated heterocycles. The summed E-state index contributed by atoms with van der Waals surface area (Å²) in [5.74, 6) is 3.10. The second-order valence-electron chi connectivity index (χ2n) is 7.63. The maximum atomic E-state index is 6.23. The Morgan fingerprint density at radius 2 is 1.77 bits per heavy atom. The molecule has 4 rings (SSSR count). The molecule has 0 amide bonds. The lowest BCUT2D eigenvalue weighted by Gasteiger charge is -2.34. The van der Waals surface area contributed by atoms with Crippen molar-refractivity contribution in [3.63, 3.8) is 0 Å². The Morgan fingerprint density at radius 1 is 1.04 bits per heavy atom. The predicted molar refractivity (Wildman–Crippen MR) is 98.4 cm³/mol. The Kier molecular flexibility index (Phi) is 5.25. The summed E-state index contributed by atoms with van der Waals surface area (Å²) in [5.41, 5.74) is 0.956. The van der Waals surface area contributed by atoms with Crippen LogP contribution in [-0.4, -0.2) is 30.5 Å². The molecule has 5 heteroatoms. The van der Waals surface area contributed by atoms with E-state index >= 15 is 0 Å². The first-order valence-corrected chi connectivity index (χ1v) is 9.85. The van der Waals surface area contributed by atoms with E-state index in [9.17, 15) is 0 Å². The predicted octanol–water partition coefficient (Wildman–Crippen LogP) is 4.30. The third-order valence-electron chi connectivity index (χ3n) is 6.05. The summed E-state index contributed by atoms with van der Waals surface area (Å²) in [6.45, 7) is 1.43. The van der Waals surface area contributed by atoms with Gasteiger partial charge in [0.1, 0.15) is 5.75 Å². The Morgan fingerprint density at radius 3 is 2.46 bits per heavy atom. The lowest BCUT2D eigenvalue weighted by atomic mass is 9.74. The zero-order chi connectivity index (χ0) is 17.8. The van der Waals surface area contributed by atoms with Crippen molar-refractivity contribution < 1.29 is 13.9 Å². The minimum atomic E-state index is -0.248. The monoisotopic (exact) mass is 356 g/mol. The van der Waals surface area contributed by atoms with E-state index in [0.717, 1.165) is 36.8 Å². The molecule has 1 aliphatic carbocycles. The molecule has 2 aromatic rings. The maximum absolute atomic E-state index is 6.23. The molecule has 0 spiro atoms. The SMILES string of the molecule is COc1ccc(C2(c3nnc(CC4CCCCC4)o3)CCOCC2)cc1. The van der Waals surface area contributed by atoms with Crippen molar-refractivity contribution in [1.82, 2.24) is 10.2 Å². The molecule has 0 N–H and O–H groups in total. The molecule has 26 heavy (non-hydrogen) atoms. The van der Waals surface area contributed by atoms with Crippen LogP contribution in [-0.2, 0) is 16.6 Å². The zero-order valence-corrected chi connectivity index (χ0v) is 15.6. The third-order valence-corrected chi connectivity index (χ3v) is 6.05. The summed E-state index contributed by atoms with van der Waals surface area (Å²) in [5, 5.41) is 8.90. The van der Waals surface area contributed by atoms with Crippen molar-refractivity contribution in [2.75, 3.05) is 20.3 Å². The summed E-state index contributed by atoms with van der Waals surface area (Å²) in [7, 11) is 1.69. The van der Waals surface area contributed by atoms with E-state index in [1.165, 1.54) is 37.7 Å². The van der Waals surface area contributed by atoms with Crippen molar-refractivity contribution in [3.8, 4) is 5.75 Å². The average molecular weight is 356 g/mol. The van der Waals surface area contributed by atoms with Gasteiger partial charge in [-0.3, -0.25) is 0 Å². The van der Waals surface area contributed by atoms with E-state index in [0.29, 0.717) is 19.1 Å². The minimum absolute atomic E-state index is 0.248. The fourth-order valence-electron chi connectivity index (χ4n) is 4.42. The van der Waals surface area contributed by atoms with Gasteiger partial charge in [-0.05, 0) is 49.3 Å². The van der Waals surface area contributed by atoms with E-state index < -0.39 is 0 Å². The lowest BCUT2D eigenvalue weighted by Crippen LogP contribution is -2.35. The van der Waals surface area contributed by atoms with Crippen LogP contribution < -0.4 is 4.74 Å². The highest BCUT2D eigenvalue weighted by Crippen LogP contribution is 2.41. The fourth-order valence-corrected chi connectivity index (χ4v) is 4.42. The van der Waals surface area contributed by atoms with Crippen LogP contribution >= 0.6 is 0 Å². The Balaban J connectivity index is 1.60. The topological polar surface area (TPSA) is 57.4 Å². The minimum Gasteiger partial charge on any atom is -0.497 e. The summed E-state index contributed by atoms with van der Waals surface area (Å²) < 4.78 is 17.2. The average Bonchev–Trinajstić information content (AvgIpc) is 3.18. The largest absolute Gasteiger partial charge is 0.497 e. The van der Waals surface area contributed by atoms with Gasteiger partial charge in [0.15, 0.2) is 0 Å². The van der Waals surface area contributed by atoms with Crippen molar-refractivity contribution in [3.05, 3.63) is 41.6 Å². The van der Waals surface area contributed by atoms with E-state index in [1.54, 1.807) is 7.11 Å². The molecule has 0 atom stereocenters. The number of aromatic nitrogens is 2. The van der Waals surface area contributed by atoms with Gasteiger partial charge < -0.3 is 13.9 Å². The molecule has 2 fully saturated rings. The highest BCUT2D eigenvalue weighted by atomic mass is 16.5. The first-order valence-electron chi connectivity index (χ1n) is 9.85. The molecular formula is C21H28N2O3. The van der Waals surface area contributed by atoms with Crippen LogP contribution in [0.3, 0.4) is 0 Å². The van der Waals surface area contributed by atoms with Crippen LogP contribution in [0, 0.1) is 5.92 Å². The molecule has 1 aromatic carbocycles. The molecule has 0 bridgehead atoms. The number of methoxy groups -OCH3 is 1. The van der Waals surface area contributed by atoms with Crippen molar-refractivity contribution in [1.29, 1.82) is 0 Å². The van der Waals surface area contributed by atoms with Gasteiger partial charge in [-0.1, -0.05) is 31.4 Å². The molecular weight excluding hydrogens is 328 g/mol. The molecule has 0 unspecified atom stereocenters. The van der Waals surface area contributed by atoms with Gasteiger partial charge in [-0.15, -0.1) is 10.2 Å². The number of rotatable bonds is 5. The van der Waals surface area contributed by atoms with Crippen LogP contribution in [0.25, 0.3) is 0 Å². The molecule has 1 saturated carbocycles. The van der Waals surface area contributed by atoms with Gasteiger partial charge in [0.05, 0.1) is 12.5 Å². The lowest BCUT2D eigenvalue weighted by molar-refractivity contribution is 0.0539. The zero-order valence-electron chi connectivity index (χ0n) is 15.6. The normalized spacial score (nSPS) is 20.8.